The van der Waals surface area contributed by atoms with E-state index >= 15 is 0 Å². The molecular formula is C11H5F3N2S2. The molecule has 0 amide bonds. The van der Waals surface area contributed by atoms with Gasteiger partial charge in [0, 0.05) is 4.90 Å². The molecule has 0 aliphatic carbocycles. The second-order valence-corrected chi connectivity index (χ2v) is 4.86. The summed E-state index contributed by atoms with van der Waals surface area (Å²) in [7, 11) is 0. The van der Waals surface area contributed by atoms with Gasteiger partial charge >= 0.3 is 6.18 Å². The Labute approximate surface area is 111 Å². The molecule has 1 aromatic rings. The van der Waals surface area contributed by atoms with Gasteiger partial charge in [0.2, 0.25) is 0 Å². The molecule has 18 heavy (non-hydrogen) atoms. The van der Waals surface area contributed by atoms with Crippen LogP contribution in [0.1, 0.15) is 5.56 Å². The zero-order chi connectivity index (χ0) is 13.8. The number of thioether (sulfide) groups is 1. The molecule has 0 fully saturated rings. The molecule has 0 spiro atoms. The monoisotopic (exact) mass is 286 g/mol. The van der Waals surface area contributed by atoms with Crippen LogP contribution in [0.5, 0.6) is 0 Å². The van der Waals surface area contributed by atoms with Crippen molar-refractivity contribution in [1.29, 1.82) is 10.5 Å². The van der Waals surface area contributed by atoms with Crippen molar-refractivity contribution in [3.63, 3.8) is 0 Å². The molecule has 0 bridgehead atoms. The third-order valence-corrected chi connectivity index (χ3v) is 3.20. The SMILES string of the molecule is N#CC(C#N)=C(S)Sc1cccc(C(F)(F)F)c1. The van der Waals surface area contributed by atoms with E-state index in [1.165, 1.54) is 12.1 Å². The summed E-state index contributed by atoms with van der Waals surface area (Å²) in [6.07, 6.45) is -4.43. The van der Waals surface area contributed by atoms with Crippen LogP contribution >= 0.6 is 24.4 Å². The summed E-state index contributed by atoms with van der Waals surface area (Å²) < 4.78 is 37.4. The van der Waals surface area contributed by atoms with Crippen LogP contribution in [0, 0.1) is 22.7 Å². The Morgan fingerprint density at radius 3 is 2.33 bits per heavy atom. The molecule has 0 aromatic heterocycles. The van der Waals surface area contributed by atoms with Crippen LogP contribution in [0.4, 0.5) is 13.2 Å². The lowest BCUT2D eigenvalue weighted by Crippen LogP contribution is -2.04. The quantitative estimate of drug-likeness (QED) is 0.508. The summed E-state index contributed by atoms with van der Waals surface area (Å²) >= 11 is 4.75. The van der Waals surface area contributed by atoms with Gasteiger partial charge in [-0.2, -0.15) is 23.7 Å². The number of nitriles is 2. The molecule has 0 atom stereocenters. The van der Waals surface area contributed by atoms with Gasteiger partial charge in [-0.3, -0.25) is 0 Å². The molecule has 2 nitrogen and oxygen atoms in total. The van der Waals surface area contributed by atoms with Crippen LogP contribution in [-0.4, -0.2) is 0 Å². The zero-order valence-corrected chi connectivity index (χ0v) is 10.4. The minimum atomic E-state index is -4.43. The summed E-state index contributed by atoms with van der Waals surface area (Å²) in [6, 6.07) is 7.82. The minimum absolute atomic E-state index is 0.0688. The number of alkyl halides is 3. The van der Waals surface area contributed by atoms with E-state index in [4.69, 9.17) is 10.5 Å². The van der Waals surface area contributed by atoms with E-state index in [1.807, 2.05) is 0 Å². The van der Waals surface area contributed by atoms with Crippen molar-refractivity contribution < 1.29 is 13.2 Å². The maximum Gasteiger partial charge on any atom is 0.416 e. The molecule has 0 saturated heterocycles. The zero-order valence-electron chi connectivity index (χ0n) is 8.69. The fourth-order valence-corrected chi connectivity index (χ4v) is 2.18. The molecule has 0 aliphatic heterocycles. The molecule has 0 saturated carbocycles. The second-order valence-electron chi connectivity index (χ2n) is 3.03. The minimum Gasteiger partial charge on any atom is -0.192 e. The predicted octanol–water partition coefficient (Wildman–Crippen LogP) is 3.99. The molecule has 0 N–H and O–H groups in total. The number of thiol groups is 1. The maximum atomic E-state index is 12.5. The largest absolute Gasteiger partial charge is 0.416 e. The van der Waals surface area contributed by atoms with Gasteiger partial charge in [-0.25, -0.2) is 0 Å². The first kappa shape index (κ1) is 14.5. The predicted molar refractivity (Wildman–Crippen MR) is 64.5 cm³/mol. The smallest absolute Gasteiger partial charge is 0.192 e. The van der Waals surface area contributed by atoms with E-state index in [0.29, 0.717) is 0 Å². The number of allylic oxidation sites excluding steroid dienone is 1. The molecular weight excluding hydrogens is 281 g/mol. The third-order valence-electron chi connectivity index (χ3n) is 1.81. The fraction of sp³-hybridized carbons (Fsp3) is 0.0909. The van der Waals surface area contributed by atoms with Crippen molar-refractivity contribution in [2.75, 3.05) is 0 Å². The Kier molecular flexibility index (Phi) is 4.71. The lowest BCUT2D eigenvalue weighted by atomic mass is 10.2. The fourth-order valence-electron chi connectivity index (χ4n) is 1.02. The van der Waals surface area contributed by atoms with Crippen LogP contribution < -0.4 is 0 Å². The lowest BCUT2D eigenvalue weighted by Gasteiger charge is -2.08. The Bertz CT molecular complexity index is 549. The summed E-state index contributed by atoms with van der Waals surface area (Å²) in [5, 5.41) is 17.2. The van der Waals surface area contributed by atoms with Gasteiger partial charge in [-0.1, -0.05) is 17.8 Å². The van der Waals surface area contributed by atoms with E-state index in [-0.39, 0.29) is 14.7 Å². The second kappa shape index (κ2) is 5.85. The third kappa shape index (κ3) is 3.73. The highest BCUT2D eigenvalue weighted by Gasteiger charge is 2.30. The summed E-state index contributed by atoms with van der Waals surface area (Å²) in [6.45, 7) is 0. The summed E-state index contributed by atoms with van der Waals surface area (Å²) in [5.41, 5.74) is -1.02. The number of benzene rings is 1. The maximum absolute atomic E-state index is 12.5. The van der Waals surface area contributed by atoms with Crippen LogP contribution in [0.15, 0.2) is 39.0 Å². The van der Waals surface area contributed by atoms with Crippen molar-refractivity contribution in [1.82, 2.24) is 0 Å². The molecule has 92 valence electrons. The van der Waals surface area contributed by atoms with Crippen LogP contribution in [0.25, 0.3) is 0 Å². The lowest BCUT2D eigenvalue weighted by molar-refractivity contribution is -0.137. The molecule has 0 radical (unpaired) electrons. The van der Waals surface area contributed by atoms with Gasteiger partial charge in [0.25, 0.3) is 0 Å². The van der Waals surface area contributed by atoms with E-state index < -0.39 is 11.7 Å². The van der Waals surface area contributed by atoms with Gasteiger partial charge in [0.1, 0.15) is 17.7 Å². The molecule has 0 unspecified atom stereocenters. The first-order valence-electron chi connectivity index (χ1n) is 4.47. The highest BCUT2D eigenvalue weighted by Crippen LogP contribution is 2.35. The van der Waals surface area contributed by atoms with Gasteiger partial charge in [-0.15, -0.1) is 12.6 Å². The van der Waals surface area contributed by atoms with Crippen molar-refractivity contribution in [3.8, 4) is 12.1 Å². The molecule has 1 aromatic carbocycles. The number of nitrogens with zero attached hydrogens (tertiary/aromatic N) is 2. The van der Waals surface area contributed by atoms with E-state index in [2.05, 4.69) is 12.6 Å². The van der Waals surface area contributed by atoms with Gasteiger partial charge < -0.3 is 0 Å². The Hall–Kier alpha value is -1.57. The highest BCUT2D eigenvalue weighted by molar-refractivity contribution is 8.15. The van der Waals surface area contributed by atoms with Gasteiger partial charge in [0.15, 0.2) is 0 Å². The first-order valence-corrected chi connectivity index (χ1v) is 5.73. The standard InChI is InChI=1S/C11H5F3N2S2/c12-11(13,14)8-2-1-3-9(4-8)18-10(17)7(5-15)6-16/h1-4,17H. The average molecular weight is 286 g/mol. The van der Waals surface area contributed by atoms with Gasteiger partial charge in [0.05, 0.1) is 9.80 Å². The Morgan fingerprint density at radius 2 is 1.83 bits per heavy atom. The van der Waals surface area contributed by atoms with Crippen LogP contribution in [0.2, 0.25) is 0 Å². The number of hydrogen-bond donors (Lipinski definition) is 1. The topological polar surface area (TPSA) is 47.6 Å². The first-order chi connectivity index (χ1) is 8.38. The average Bonchev–Trinajstić information content (AvgIpc) is 2.29. The van der Waals surface area contributed by atoms with E-state index in [9.17, 15) is 13.2 Å². The van der Waals surface area contributed by atoms with Crippen molar-refractivity contribution in [3.05, 3.63) is 39.6 Å². The van der Waals surface area contributed by atoms with Crippen molar-refractivity contribution in [2.45, 2.75) is 11.1 Å². The number of rotatable bonds is 2. The van der Waals surface area contributed by atoms with Crippen LogP contribution in [0.3, 0.4) is 0 Å². The number of halogens is 3. The number of hydrogen-bond acceptors (Lipinski definition) is 4. The van der Waals surface area contributed by atoms with E-state index in [0.717, 1.165) is 23.9 Å². The molecule has 0 aliphatic rings. The van der Waals surface area contributed by atoms with Crippen LogP contribution in [-0.2, 0) is 6.18 Å². The highest BCUT2D eigenvalue weighted by atomic mass is 32.2. The van der Waals surface area contributed by atoms with E-state index in [1.54, 1.807) is 12.1 Å². The normalized spacial score (nSPS) is 10.3. The van der Waals surface area contributed by atoms with Crippen molar-refractivity contribution in [2.24, 2.45) is 0 Å². The molecule has 0 heterocycles. The van der Waals surface area contributed by atoms with Gasteiger partial charge in [-0.05, 0) is 18.2 Å². The summed E-state index contributed by atoms with van der Waals surface area (Å²) in [4.78, 5) is 0.262. The Balaban J connectivity index is 3.05. The van der Waals surface area contributed by atoms with Crippen molar-refractivity contribution >= 4 is 24.4 Å². The molecule has 1 rings (SSSR count). The molecule has 7 heteroatoms. The Morgan fingerprint density at radius 1 is 1.22 bits per heavy atom. The summed E-state index contributed by atoms with van der Waals surface area (Å²) in [5.74, 6) is 0.